The number of aromatic amines is 1. The number of hydrogen-bond donors (Lipinski definition) is 2. The van der Waals surface area contributed by atoms with Crippen LogP contribution in [0.4, 0.5) is 0 Å². The fourth-order valence-electron chi connectivity index (χ4n) is 2.90. The van der Waals surface area contributed by atoms with Gasteiger partial charge in [0.05, 0.1) is 5.52 Å². The Morgan fingerprint density at radius 2 is 2.15 bits per heavy atom. The van der Waals surface area contributed by atoms with Crippen LogP contribution in [0.1, 0.15) is 51.1 Å². The summed E-state index contributed by atoms with van der Waals surface area (Å²) in [6.07, 6.45) is 4.82. The van der Waals surface area contributed by atoms with Crippen LogP contribution >= 0.6 is 0 Å². The molecule has 0 aliphatic carbocycles. The minimum Gasteiger partial charge on any atom is -0.408 e. The highest BCUT2D eigenvalue weighted by atomic mass is 16.4. The number of H-pyrrole nitrogens is 1. The largest absolute Gasteiger partial charge is 0.417 e. The van der Waals surface area contributed by atoms with Crippen LogP contribution in [0.25, 0.3) is 11.1 Å². The average molecular weight is 276 g/mol. The molecule has 4 nitrogen and oxygen atoms in total. The molecule has 1 aromatic carbocycles. The summed E-state index contributed by atoms with van der Waals surface area (Å²) in [6, 6.07) is 6.27. The second-order valence-corrected chi connectivity index (χ2v) is 5.35. The van der Waals surface area contributed by atoms with Crippen molar-refractivity contribution >= 4 is 11.1 Å². The molecule has 2 atom stereocenters. The van der Waals surface area contributed by atoms with Gasteiger partial charge in [-0.2, -0.15) is 0 Å². The highest BCUT2D eigenvalue weighted by Crippen LogP contribution is 2.30. The fourth-order valence-corrected chi connectivity index (χ4v) is 2.90. The number of unbranched alkanes of at least 4 members (excludes halogenated alkanes) is 1. The van der Waals surface area contributed by atoms with Crippen molar-refractivity contribution in [1.82, 2.24) is 10.3 Å². The molecule has 2 aromatic rings. The molecule has 0 spiro atoms. The van der Waals surface area contributed by atoms with Crippen molar-refractivity contribution in [1.29, 1.82) is 0 Å². The van der Waals surface area contributed by atoms with Crippen LogP contribution in [0.2, 0.25) is 0 Å². The maximum atomic E-state index is 11.2. The van der Waals surface area contributed by atoms with Gasteiger partial charge in [-0.3, -0.25) is 4.98 Å². The van der Waals surface area contributed by atoms with Gasteiger partial charge in [0.25, 0.3) is 0 Å². The first-order valence-electron chi connectivity index (χ1n) is 7.49. The molecule has 20 heavy (non-hydrogen) atoms. The maximum absolute atomic E-state index is 11.2. The Hall–Kier alpha value is -1.55. The molecule has 110 valence electrons. The lowest BCUT2D eigenvalue weighted by Crippen LogP contribution is -2.25. The summed E-state index contributed by atoms with van der Waals surface area (Å²) in [7, 11) is 2.00. The summed E-state index contributed by atoms with van der Waals surface area (Å²) >= 11 is 0. The van der Waals surface area contributed by atoms with Crippen molar-refractivity contribution < 1.29 is 4.42 Å². The highest BCUT2D eigenvalue weighted by molar-refractivity contribution is 5.72. The summed E-state index contributed by atoms with van der Waals surface area (Å²) in [5.74, 6) is 0.208. The molecule has 0 bridgehead atoms. The molecule has 0 amide bonds. The zero-order chi connectivity index (χ0) is 14.5. The molecule has 0 saturated heterocycles. The zero-order valence-corrected chi connectivity index (χ0v) is 12.5. The van der Waals surface area contributed by atoms with Crippen LogP contribution in [0.5, 0.6) is 0 Å². The Morgan fingerprint density at radius 3 is 2.80 bits per heavy atom. The number of oxazole rings is 1. The van der Waals surface area contributed by atoms with Gasteiger partial charge in [0, 0.05) is 6.04 Å². The lowest BCUT2D eigenvalue weighted by Gasteiger charge is -2.26. The van der Waals surface area contributed by atoms with E-state index in [9.17, 15) is 4.79 Å². The van der Waals surface area contributed by atoms with Gasteiger partial charge in [0.15, 0.2) is 5.58 Å². The molecule has 2 N–H and O–H groups in total. The Morgan fingerprint density at radius 1 is 1.35 bits per heavy atom. The standard InChI is InChI=1S/C16H24N2O2/c1-4-6-7-11(5-2)15(17-3)12-8-9-13-14(10-12)20-16(19)18-13/h8-11,15,17H,4-7H2,1-3H3,(H,18,19). The summed E-state index contributed by atoms with van der Waals surface area (Å²) in [6.45, 7) is 4.46. The summed E-state index contributed by atoms with van der Waals surface area (Å²) in [5, 5.41) is 3.42. The number of benzene rings is 1. The normalized spacial score (nSPS) is 14.6. The topological polar surface area (TPSA) is 58.0 Å². The van der Waals surface area contributed by atoms with Gasteiger partial charge in [0.2, 0.25) is 0 Å². The van der Waals surface area contributed by atoms with Crippen molar-refractivity contribution in [2.24, 2.45) is 5.92 Å². The molecule has 2 rings (SSSR count). The van der Waals surface area contributed by atoms with E-state index in [1.807, 2.05) is 19.2 Å². The fraction of sp³-hybridized carbons (Fsp3) is 0.562. The van der Waals surface area contributed by atoms with Crippen molar-refractivity contribution in [2.45, 2.75) is 45.6 Å². The Kier molecular flexibility index (Phi) is 5.01. The Balaban J connectivity index is 2.29. The number of fused-ring (bicyclic) bond motifs is 1. The van der Waals surface area contributed by atoms with Crippen LogP contribution in [-0.2, 0) is 0 Å². The van der Waals surface area contributed by atoms with Crippen LogP contribution in [-0.4, -0.2) is 12.0 Å². The van der Waals surface area contributed by atoms with Gasteiger partial charge >= 0.3 is 5.76 Å². The minimum absolute atomic E-state index is 0.302. The number of rotatable bonds is 7. The molecular weight excluding hydrogens is 252 g/mol. The SMILES string of the molecule is CCCCC(CC)C(NC)c1ccc2[nH]c(=O)oc2c1. The van der Waals surface area contributed by atoms with Crippen molar-refractivity contribution in [2.75, 3.05) is 7.05 Å². The van der Waals surface area contributed by atoms with Gasteiger partial charge in [-0.05, 0) is 37.1 Å². The van der Waals surface area contributed by atoms with Gasteiger partial charge in [0.1, 0.15) is 0 Å². The highest BCUT2D eigenvalue weighted by Gasteiger charge is 2.20. The smallest absolute Gasteiger partial charge is 0.408 e. The van der Waals surface area contributed by atoms with E-state index < -0.39 is 5.76 Å². The third kappa shape index (κ3) is 3.12. The summed E-state index contributed by atoms with van der Waals surface area (Å²) < 4.78 is 5.16. The predicted octanol–water partition coefficient (Wildman–Crippen LogP) is 3.60. The van der Waals surface area contributed by atoms with E-state index in [1.165, 1.54) is 24.8 Å². The lowest BCUT2D eigenvalue weighted by atomic mass is 9.87. The molecule has 4 heteroatoms. The molecule has 0 aliphatic rings. The molecule has 2 unspecified atom stereocenters. The molecule has 0 saturated carbocycles. The Bertz CT molecular complexity index is 600. The van der Waals surface area contributed by atoms with Gasteiger partial charge in [-0.1, -0.05) is 39.2 Å². The zero-order valence-electron chi connectivity index (χ0n) is 12.5. The van der Waals surface area contributed by atoms with Gasteiger partial charge in [-0.15, -0.1) is 0 Å². The summed E-state index contributed by atoms with van der Waals surface area (Å²) in [4.78, 5) is 13.9. The van der Waals surface area contributed by atoms with Crippen LogP contribution in [0, 0.1) is 5.92 Å². The predicted molar refractivity (Wildman–Crippen MR) is 81.9 cm³/mol. The van der Waals surface area contributed by atoms with E-state index in [4.69, 9.17) is 4.42 Å². The van der Waals surface area contributed by atoms with Gasteiger partial charge < -0.3 is 9.73 Å². The third-order valence-corrected chi connectivity index (χ3v) is 4.04. The van der Waals surface area contributed by atoms with E-state index in [0.717, 1.165) is 11.9 Å². The van der Waals surface area contributed by atoms with Crippen molar-refractivity contribution in [3.05, 3.63) is 34.3 Å². The van der Waals surface area contributed by atoms with E-state index in [1.54, 1.807) is 0 Å². The number of hydrogen-bond acceptors (Lipinski definition) is 3. The van der Waals surface area contributed by atoms with E-state index in [0.29, 0.717) is 17.5 Å². The first-order chi connectivity index (χ1) is 9.69. The molecule has 0 aliphatic heterocycles. The number of aromatic nitrogens is 1. The first kappa shape index (κ1) is 14.9. The summed E-state index contributed by atoms with van der Waals surface area (Å²) in [5.41, 5.74) is 2.58. The van der Waals surface area contributed by atoms with E-state index >= 15 is 0 Å². The van der Waals surface area contributed by atoms with Crippen molar-refractivity contribution in [3.63, 3.8) is 0 Å². The van der Waals surface area contributed by atoms with E-state index in [2.05, 4.69) is 30.2 Å². The lowest BCUT2D eigenvalue weighted by molar-refractivity contribution is 0.339. The van der Waals surface area contributed by atoms with E-state index in [-0.39, 0.29) is 0 Å². The quantitative estimate of drug-likeness (QED) is 0.812. The minimum atomic E-state index is -0.392. The van der Waals surface area contributed by atoms with Crippen molar-refractivity contribution in [3.8, 4) is 0 Å². The second-order valence-electron chi connectivity index (χ2n) is 5.35. The van der Waals surface area contributed by atoms with Gasteiger partial charge in [-0.25, -0.2) is 4.79 Å². The second kappa shape index (κ2) is 6.75. The average Bonchev–Trinajstić information content (AvgIpc) is 2.82. The molecule has 1 aromatic heterocycles. The monoisotopic (exact) mass is 276 g/mol. The Labute approximate surface area is 119 Å². The van der Waals surface area contributed by atoms with Crippen LogP contribution in [0.3, 0.4) is 0 Å². The van der Waals surface area contributed by atoms with Crippen LogP contribution < -0.4 is 11.1 Å². The number of nitrogens with one attached hydrogen (secondary N) is 2. The molecule has 1 heterocycles. The third-order valence-electron chi connectivity index (χ3n) is 4.04. The molecule has 0 fully saturated rings. The van der Waals surface area contributed by atoms with Crippen LogP contribution in [0.15, 0.2) is 27.4 Å². The first-order valence-corrected chi connectivity index (χ1v) is 7.49. The molecule has 0 radical (unpaired) electrons. The maximum Gasteiger partial charge on any atom is 0.417 e. The molecular formula is C16H24N2O2.